The molecule has 2 aromatic rings. The Kier molecular flexibility index (Phi) is 5.17. The minimum absolute atomic E-state index is 0.301. The molecule has 2 rings (SSSR count). The van der Waals surface area contributed by atoms with Gasteiger partial charge < -0.3 is 0 Å². The highest BCUT2D eigenvalue weighted by Crippen LogP contribution is 2.34. The number of hydrogen-bond donors (Lipinski definition) is 0. The summed E-state index contributed by atoms with van der Waals surface area (Å²) in [5.74, 6) is 0.376. The lowest BCUT2D eigenvalue weighted by Crippen LogP contribution is -2.14. The first-order valence-corrected chi connectivity index (χ1v) is 7.45. The summed E-state index contributed by atoms with van der Waals surface area (Å²) in [6.07, 6.45) is 4.10. The normalized spacial score (nSPS) is 12.6. The summed E-state index contributed by atoms with van der Waals surface area (Å²) < 4.78 is 0. The van der Waals surface area contributed by atoms with Gasteiger partial charge in [-0.05, 0) is 50.2 Å². The van der Waals surface area contributed by atoms with Gasteiger partial charge in [0.05, 0.1) is 11.5 Å². The minimum atomic E-state index is -0.301. The molecular weight excluding hydrogens is 254 g/mol. The molecule has 0 N–H and O–H groups in total. The second kappa shape index (κ2) is 7.09. The number of rotatable bonds is 6. The summed E-state index contributed by atoms with van der Waals surface area (Å²) in [4.78, 5) is 0. The standard InChI is InChI=1S/C20H22N/c1-20(2,16-21)15-19(18-11-7-4-8-12-18)14-13-17-9-5-3-6-10-17/h3-13,19H,14-15H2,1-2H3. The van der Waals surface area contributed by atoms with Gasteiger partial charge in [0.2, 0.25) is 0 Å². The minimum Gasteiger partial charge on any atom is -0.198 e. The third-order valence-electron chi connectivity index (χ3n) is 3.77. The smallest absolute Gasteiger partial charge is 0.0684 e. The highest BCUT2D eigenvalue weighted by Gasteiger charge is 2.24. The molecule has 21 heavy (non-hydrogen) atoms. The van der Waals surface area contributed by atoms with Crippen LogP contribution in [0.1, 0.15) is 43.7 Å². The number of nitrogens with zero attached hydrogens (tertiary/aromatic N) is 1. The van der Waals surface area contributed by atoms with Crippen LogP contribution >= 0.6 is 0 Å². The maximum absolute atomic E-state index is 9.31. The molecule has 0 amide bonds. The van der Waals surface area contributed by atoms with E-state index in [9.17, 15) is 5.26 Å². The predicted octanol–water partition coefficient (Wildman–Crippen LogP) is 5.35. The fourth-order valence-corrected chi connectivity index (χ4v) is 2.59. The van der Waals surface area contributed by atoms with Crippen molar-refractivity contribution in [3.05, 3.63) is 78.2 Å². The van der Waals surface area contributed by atoms with Gasteiger partial charge in [-0.25, -0.2) is 0 Å². The Morgan fingerprint density at radius 1 is 1.00 bits per heavy atom. The monoisotopic (exact) mass is 276 g/mol. The lowest BCUT2D eigenvalue weighted by atomic mass is 9.78. The van der Waals surface area contributed by atoms with Gasteiger partial charge in [-0.3, -0.25) is 0 Å². The van der Waals surface area contributed by atoms with Crippen LogP contribution < -0.4 is 0 Å². The van der Waals surface area contributed by atoms with E-state index in [2.05, 4.69) is 61.0 Å². The fourth-order valence-electron chi connectivity index (χ4n) is 2.59. The van der Waals surface area contributed by atoms with Crippen molar-refractivity contribution in [1.29, 1.82) is 5.26 Å². The van der Waals surface area contributed by atoms with E-state index in [-0.39, 0.29) is 5.41 Å². The van der Waals surface area contributed by atoms with Crippen molar-refractivity contribution < 1.29 is 0 Å². The molecule has 1 unspecified atom stereocenters. The molecule has 0 bridgehead atoms. The van der Waals surface area contributed by atoms with Crippen molar-refractivity contribution in [1.82, 2.24) is 0 Å². The highest BCUT2D eigenvalue weighted by atomic mass is 14.3. The molecular formula is C20H22N. The Morgan fingerprint density at radius 3 is 2.14 bits per heavy atom. The Hall–Kier alpha value is -2.07. The van der Waals surface area contributed by atoms with Gasteiger partial charge in [0.25, 0.3) is 0 Å². The van der Waals surface area contributed by atoms with E-state index in [1.807, 2.05) is 26.0 Å². The predicted molar refractivity (Wildman–Crippen MR) is 87.7 cm³/mol. The molecule has 0 heterocycles. The average molecular weight is 276 g/mol. The Bertz CT molecular complexity index is 578. The molecule has 2 aromatic carbocycles. The van der Waals surface area contributed by atoms with E-state index in [1.54, 1.807) is 0 Å². The Morgan fingerprint density at radius 2 is 1.57 bits per heavy atom. The number of benzene rings is 2. The highest BCUT2D eigenvalue weighted by molar-refractivity contribution is 5.26. The van der Waals surface area contributed by atoms with E-state index < -0.39 is 0 Å². The van der Waals surface area contributed by atoms with Gasteiger partial charge in [0.15, 0.2) is 0 Å². The van der Waals surface area contributed by atoms with Crippen LogP contribution in [0.15, 0.2) is 60.7 Å². The summed E-state index contributed by atoms with van der Waals surface area (Å²) in [5, 5.41) is 9.31. The van der Waals surface area contributed by atoms with Crippen LogP contribution in [-0.4, -0.2) is 0 Å². The van der Waals surface area contributed by atoms with Crippen LogP contribution in [0.25, 0.3) is 0 Å². The topological polar surface area (TPSA) is 23.8 Å². The van der Waals surface area contributed by atoms with E-state index in [4.69, 9.17) is 0 Å². The summed E-state index contributed by atoms with van der Waals surface area (Å²) in [6.45, 7) is 4.04. The summed E-state index contributed by atoms with van der Waals surface area (Å²) >= 11 is 0. The van der Waals surface area contributed by atoms with Crippen molar-refractivity contribution in [3.63, 3.8) is 0 Å². The largest absolute Gasteiger partial charge is 0.198 e. The molecule has 0 saturated carbocycles. The molecule has 0 aliphatic heterocycles. The molecule has 0 aliphatic rings. The molecule has 0 fully saturated rings. The summed E-state index contributed by atoms with van der Waals surface area (Å²) in [5.41, 5.74) is 2.26. The second-order valence-corrected chi connectivity index (χ2v) is 6.16. The van der Waals surface area contributed by atoms with Gasteiger partial charge in [-0.2, -0.15) is 5.26 Å². The van der Waals surface area contributed by atoms with Crippen molar-refractivity contribution in [2.45, 2.75) is 32.6 Å². The van der Waals surface area contributed by atoms with Crippen LogP contribution in [0.4, 0.5) is 0 Å². The Balaban J connectivity index is 2.11. The van der Waals surface area contributed by atoms with E-state index in [0.717, 1.165) is 12.8 Å². The van der Waals surface area contributed by atoms with Crippen molar-refractivity contribution in [2.75, 3.05) is 0 Å². The first-order valence-electron chi connectivity index (χ1n) is 7.45. The van der Waals surface area contributed by atoms with Gasteiger partial charge in [0, 0.05) is 0 Å². The van der Waals surface area contributed by atoms with Crippen LogP contribution in [0.5, 0.6) is 0 Å². The maximum atomic E-state index is 9.31. The van der Waals surface area contributed by atoms with E-state index in [0.29, 0.717) is 5.92 Å². The first kappa shape index (κ1) is 15.3. The van der Waals surface area contributed by atoms with Crippen LogP contribution in [0.3, 0.4) is 0 Å². The van der Waals surface area contributed by atoms with E-state index in [1.165, 1.54) is 11.1 Å². The lowest BCUT2D eigenvalue weighted by molar-refractivity contribution is 0.398. The molecule has 1 heteroatoms. The molecule has 1 nitrogen and oxygen atoms in total. The third kappa shape index (κ3) is 4.76. The zero-order valence-corrected chi connectivity index (χ0v) is 12.8. The molecule has 0 spiro atoms. The van der Waals surface area contributed by atoms with Gasteiger partial charge >= 0.3 is 0 Å². The maximum Gasteiger partial charge on any atom is 0.0684 e. The van der Waals surface area contributed by atoms with E-state index >= 15 is 0 Å². The molecule has 107 valence electrons. The zero-order valence-electron chi connectivity index (χ0n) is 12.8. The summed E-state index contributed by atoms with van der Waals surface area (Å²) in [6, 6.07) is 23.3. The van der Waals surface area contributed by atoms with Gasteiger partial charge in [-0.1, -0.05) is 60.7 Å². The summed E-state index contributed by atoms with van der Waals surface area (Å²) in [7, 11) is 0. The van der Waals surface area contributed by atoms with Crippen LogP contribution in [-0.2, 0) is 0 Å². The van der Waals surface area contributed by atoms with Crippen molar-refractivity contribution in [2.24, 2.45) is 5.41 Å². The number of nitriles is 1. The average Bonchev–Trinajstić information content (AvgIpc) is 2.53. The Labute approximate surface area is 128 Å². The second-order valence-electron chi connectivity index (χ2n) is 6.16. The van der Waals surface area contributed by atoms with Gasteiger partial charge in [-0.15, -0.1) is 0 Å². The SMILES string of the molecule is CC(C)(C#N)CC(C[CH]c1ccccc1)c1ccccc1. The molecule has 1 atom stereocenters. The fraction of sp³-hybridized carbons (Fsp3) is 0.300. The van der Waals surface area contributed by atoms with Gasteiger partial charge in [0.1, 0.15) is 0 Å². The van der Waals surface area contributed by atoms with Crippen LogP contribution in [0.2, 0.25) is 0 Å². The molecule has 0 aromatic heterocycles. The zero-order chi connectivity index (χ0) is 15.1. The molecule has 0 saturated heterocycles. The van der Waals surface area contributed by atoms with Crippen molar-refractivity contribution >= 4 is 0 Å². The first-order chi connectivity index (χ1) is 10.1. The quantitative estimate of drug-likeness (QED) is 0.697. The van der Waals surface area contributed by atoms with Crippen molar-refractivity contribution in [3.8, 4) is 6.07 Å². The number of hydrogen-bond acceptors (Lipinski definition) is 1. The third-order valence-corrected chi connectivity index (χ3v) is 3.77. The lowest BCUT2D eigenvalue weighted by Gasteiger charge is -2.24. The van der Waals surface area contributed by atoms with Crippen LogP contribution in [0, 0.1) is 23.2 Å². The molecule has 1 radical (unpaired) electrons. The molecule has 0 aliphatic carbocycles.